The molecule has 0 unspecified atom stereocenters. The molecule has 0 bridgehead atoms. The van der Waals surface area contributed by atoms with Gasteiger partial charge in [-0.25, -0.2) is 0 Å². The summed E-state index contributed by atoms with van der Waals surface area (Å²) >= 11 is 0. The Labute approximate surface area is 121 Å². The molecule has 0 radical (unpaired) electrons. The molecule has 0 aliphatic heterocycles. The Morgan fingerprint density at radius 1 is 1.00 bits per heavy atom. The quantitative estimate of drug-likeness (QED) is 0.792. The first-order chi connectivity index (χ1) is 9.98. The molecule has 22 heavy (non-hydrogen) atoms. The van der Waals surface area contributed by atoms with E-state index >= 15 is 0 Å². The third kappa shape index (κ3) is 3.08. The van der Waals surface area contributed by atoms with Crippen LogP contribution in [-0.2, 0) is 0 Å². The van der Waals surface area contributed by atoms with Crippen LogP contribution in [0.25, 0.3) is 0 Å². The van der Waals surface area contributed by atoms with Gasteiger partial charge in [0.05, 0.1) is 5.56 Å². The molecule has 0 saturated carbocycles. The van der Waals surface area contributed by atoms with E-state index in [4.69, 9.17) is 10.5 Å². The first kappa shape index (κ1) is 17.6. The Hall–Kier alpha value is -2.42. The average Bonchev–Trinajstić information content (AvgIpc) is 2.41. The van der Waals surface area contributed by atoms with Crippen LogP contribution in [0, 0.1) is 28.1 Å². The van der Waals surface area contributed by atoms with Crippen molar-refractivity contribution in [3.63, 3.8) is 0 Å². The summed E-state index contributed by atoms with van der Waals surface area (Å²) in [6.45, 7) is -1.79. The van der Waals surface area contributed by atoms with Gasteiger partial charge in [0.2, 0.25) is 0 Å². The van der Waals surface area contributed by atoms with Crippen molar-refractivity contribution in [3.05, 3.63) is 29.3 Å². The minimum atomic E-state index is -5.59. The summed E-state index contributed by atoms with van der Waals surface area (Å²) < 4.78 is 80.9. The largest absolute Gasteiger partial charge is 0.491 e. The SMILES string of the molecule is CC(COc1cccc(C#N)c1C#N)(C(F)(F)F)C(F)(F)F. The van der Waals surface area contributed by atoms with Crippen molar-refractivity contribution in [2.75, 3.05) is 6.61 Å². The van der Waals surface area contributed by atoms with Gasteiger partial charge in [0.1, 0.15) is 30.1 Å². The molecule has 0 amide bonds. The number of halogens is 6. The number of rotatable bonds is 3. The highest BCUT2D eigenvalue weighted by Crippen LogP contribution is 2.50. The summed E-state index contributed by atoms with van der Waals surface area (Å²) in [6, 6.07) is 6.52. The molecule has 0 saturated heterocycles. The molecule has 0 aliphatic carbocycles. The summed E-state index contributed by atoms with van der Waals surface area (Å²) in [4.78, 5) is 0. The summed E-state index contributed by atoms with van der Waals surface area (Å²) in [5.41, 5.74) is -4.73. The number of hydrogen-bond donors (Lipinski definition) is 0. The monoisotopic (exact) mass is 322 g/mol. The zero-order valence-corrected chi connectivity index (χ0v) is 11.0. The van der Waals surface area contributed by atoms with Gasteiger partial charge in [-0.05, 0) is 19.1 Å². The first-order valence-corrected chi connectivity index (χ1v) is 5.67. The van der Waals surface area contributed by atoms with Crippen molar-refractivity contribution in [3.8, 4) is 17.9 Å². The highest BCUT2D eigenvalue weighted by molar-refractivity contribution is 5.53. The van der Waals surface area contributed by atoms with Crippen molar-refractivity contribution in [2.24, 2.45) is 5.41 Å². The van der Waals surface area contributed by atoms with Gasteiger partial charge in [-0.2, -0.15) is 36.9 Å². The summed E-state index contributed by atoms with van der Waals surface area (Å²) in [7, 11) is 0. The fraction of sp³-hybridized carbons (Fsp3) is 0.385. The highest BCUT2D eigenvalue weighted by Gasteiger charge is 2.68. The highest BCUT2D eigenvalue weighted by atomic mass is 19.4. The molecular formula is C13H8F6N2O. The molecular weight excluding hydrogens is 314 g/mol. The van der Waals surface area contributed by atoms with Crippen LogP contribution in [0.3, 0.4) is 0 Å². The van der Waals surface area contributed by atoms with Gasteiger partial charge in [-0.1, -0.05) is 6.07 Å². The molecule has 0 atom stereocenters. The summed E-state index contributed by atoms with van der Waals surface area (Å²) in [6.07, 6.45) is -11.2. The second-order valence-corrected chi connectivity index (χ2v) is 4.52. The Kier molecular flexibility index (Phi) is 4.61. The van der Waals surface area contributed by atoms with Crippen molar-refractivity contribution in [2.45, 2.75) is 19.3 Å². The van der Waals surface area contributed by atoms with E-state index in [1.54, 1.807) is 6.07 Å². The van der Waals surface area contributed by atoms with E-state index in [0.717, 1.165) is 6.07 Å². The number of nitrogens with zero attached hydrogens (tertiary/aromatic N) is 2. The van der Waals surface area contributed by atoms with Gasteiger partial charge in [0.25, 0.3) is 0 Å². The lowest BCUT2D eigenvalue weighted by Gasteiger charge is -2.33. The molecule has 1 rings (SSSR count). The smallest absolute Gasteiger partial charge is 0.406 e. The molecule has 0 aromatic heterocycles. The summed E-state index contributed by atoms with van der Waals surface area (Å²) in [5, 5.41) is 17.6. The second-order valence-electron chi connectivity index (χ2n) is 4.52. The van der Waals surface area contributed by atoms with Crippen molar-refractivity contribution < 1.29 is 31.1 Å². The molecule has 9 heteroatoms. The maximum atomic E-state index is 12.7. The van der Waals surface area contributed by atoms with Crippen LogP contribution in [0.5, 0.6) is 5.75 Å². The topological polar surface area (TPSA) is 56.8 Å². The maximum absolute atomic E-state index is 12.7. The molecule has 0 heterocycles. The number of alkyl halides is 6. The van der Waals surface area contributed by atoms with Gasteiger partial charge in [-0.15, -0.1) is 0 Å². The zero-order valence-electron chi connectivity index (χ0n) is 11.0. The van der Waals surface area contributed by atoms with E-state index in [-0.39, 0.29) is 12.5 Å². The molecule has 0 N–H and O–H groups in total. The van der Waals surface area contributed by atoms with Gasteiger partial charge in [-0.3, -0.25) is 0 Å². The minimum Gasteiger partial charge on any atom is -0.491 e. The fourth-order valence-corrected chi connectivity index (χ4v) is 1.41. The lowest BCUT2D eigenvalue weighted by atomic mass is 9.90. The van der Waals surface area contributed by atoms with Gasteiger partial charge in [0.15, 0.2) is 5.41 Å². The van der Waals surface area contributed by atoms with Gasteiger partial charge >= 0.3 is 12.4 Å². The third-order valence-corrected chi connectivity index (χ3v) is 3.03. The van der Waals surface area contributed by atoms with E-state index in [0.29, 0.717) is 0 Å². The lowest BCUT2D eigenvalue weighted by Crippen LogP contribution is -2.51. The van der Waals surface area contributed by atoms with Gasteiger partial charge in [0, 0.05) is 0 Å². The molecule has 0 spiro atoms. The molecule has 1 aromatic carbocycles. The maximum Gasteiger partial charge on any atom is 0.406 e. The van der Waals surface area contributed by atoms with E-state index in [1.165, 1.54) is 18.2 Å². The van der Waals surface area contributed by atoms with Crippen LogP contribution in [0.4, 0.5) is 26.3 Å². The van der Waals surface area contributed by atoms with Crippen LogP contribution >= 0.6 is 0 Å². The zero-order chi connectivity index (χ0) is 17.2. The van der Waals surface area contributed by atoms with Crippen LogP contribution < -0.4 is 4.74 Å². The second kappa shape index (κ2) is 5.76. The fourth-order valence-electron chi connectivity index (χ4n) is 1.41. The Morgan fingerprint density at radius 3 is 1.95 bits per heavy atom. The number of hydrogen-bond acceptors (Lipinski definition) is 3. The van der Waals surface area contributed by atoms with Crippen LogP contribution in [0.15, 0.2) is 18.2 Å². The third-order valence-electron chi connectivity index (χ3n) is 3.03. The minimum absolute atomic E-state index is 0.0345. The summed E-state index contributed by atoms with van der Waals surface area (Å²) in [5.74, 6) is -0.513. The number of nitriles is 2. The van der Waals surface area contributed by atoms with E-state index < -0.39 is 35.7 Å². The molecule has 118 valence electrons. The van der Waals surface area contributed by atoms with Crippen LogP contribution in [0.1, 0.15) is 18.1 Å². The lowest BCUT2D eigenvalue weighted by molar-refractivity contribution is -0.340. The van der Waals surface area contributed by atoms with E-state index in [2.05, 4.69) is 4.74 Å². The van der Waals surface area contributed by atoms with Crippen LogP contribution in [-0.4, -0.2) is 19.0 Å². The molecule has 1 aromatic rings. The standard InChI is InChI=1S/C13H8F6N2O/c1-11(12(14,15)16,13(17,18)19)7-22-10-4-2-3-8(5-20)9(10)6-21/h2-4H,7H2,1H3. The van der Waals surface area contributed by atoms with E-state index in [9.17, 15) is 26.3 Å². The average molecular weight is 322 g/mol. The van der Waals surface area contributed by atoms with E-state index in [1.807, 2.05) is 0 Å². The Bertz CT molecular complexity index is 622. The van der Waals surface area contributed by atoms with Gasteiger partial charge < -0.3 is 4.74 Å². The Balaban J connectivity index is 3.18. The number of ether oxygens (including phenoxy) is 1. The molecule has 0 fully saturated rings. The van der Waals surface area contributed by atoms with Crippen molar-refractivity contribution >= 4 is 0 Å². The first-order valence-electron chi connectivity index (χ1n) is 5.67. The predicted octanol–water partition coefficient (Wildman–Crippen LogP) is 3.94. The van der Waals surface area contributed by atoms with Crippen molar-refractivity contribution in [1.82, 2.24) is 0 Å². The normalized spacial score (nSPS) is 12.4. The number of benzene rings is 1. The predicted molar refractivity (Wildman–Crippen MR) is 61.6 cm³/mol. The molecule has 3 nitrogen and oxygen atoms in total. The van der Waals surface area contributed by atoms with Crippen molar-refractivity contribution in [1.29, 1.82) is 10.5 Å². The molecule has 0 aliphatic rings. The Morgan fingerprint density at radius 2 is 1.55 bits per heavy atom. The van der Waals surface area contributed by atoms with Crippen LogP contribution in [0.2, 0.25) is 0 Å².